The lowest BCUT2D eigenvalue weighted by Crippen LogP contribution is -2.41. The molecule has 0 aliphatic heterocycles. The quantitative estimate of drug-likeness (QED) is 0.688. The molecule has 0 radical (unpaired) electrons. The van der Waals surface area contributed by atoms with Gasteiger partial charge in [0, 0.05) is 19.6 Å². The van der Waals surface area contributed by atoms with Crippen molar-refractivity contribution in [2.75, 3.05) is 19.6 Å². The highest BCUT2D eigenvalue weighted by Gasteiger charge is 2.11. The van der Waals surface area contributed by atoms with Gasteiger partial charge in [-0.3, -0.25) is 0 Å². The molecule has 0 bridgehead atoms. The van der Waals surface area contributed by atoms with Crippen molar-refractivity contribution >= 4 is 6.03 Å². The molecule has 0 aromatic carbocycles. The molecule has 0 fully saturated rings. The molecular formula is C15H28N2O. The van der Waals surface area contributed by atoms with Gasteiger partial charge in [-0.25, -0.2) is 4.79 Å². The van der Waals surface area contributed by atoms with Crippen molar-refractivity contribution in [3.05, 3.63) is 11.6 Å². The molecule has 1 N–H and O–H groups in total. The average molecular weight is 252 g/mol. The Balaban J connectivity index is 2.23. The van der Waals surface area contributed by atoms with Crippen LogP contribution in [0.4, 0.5) is 4.79 Å². The van der Waals surface area contributed by atoms with E-state index in [1.165, 1.54) is 31.3 Å². The van der Waals surface area contributed by atoms with Crippen molar-refractivity contribution in [3.8, 4) is 0 Å². The number of carbonyl (C=O) groups is 1. The molecule has 0 heterocycles. The van der Waals surface area contributed by atoms with E-state index in [2.05, 4.69) is 25.2 Å². The Morgan fingerprint density at radius 2 is 2.00 bits per heavy atom. The second-order valence-electron chi connectivity index (χ2n) is 5.08. The van der Waals surface area contributed by atoms with Gasteiger partial charge in [0.25, 0.3) is 0 Å². The summed E-state index contributed by atoms with van der Waals surface area (Å²) in [6.07, 6.45) is 10.5. The molecule has 2 amide bonds. The van der Waals surface area contributed by atoms with Crippen LogP contribution in [-0.2, 0) is 0 Å². The molecule has 0 saturated carbocycles. The maximum absolute atomic E-state index is 12.0. The lowest BCUT2D eigenvalue weighted by molar-refractivity contribution is 0.198. The molecule has 0 saturated heterocycles. The number of nitrogens with one attached hydrogen (secondary N) is 1. The predicted molar refractivity (Wildman–Crippen MR) is 76.7 cm³/mol. The number of amides is 2. The Morgan fingerprint density at radius 1 is 1.28 bits per heavy atom. The minimum Gasteiger partial charge on any atom is -0.338 e. The lowest BCUT2D eigenvalue weighted by atomic mass is 9.97. The van der Waals surface area contributed by atoms with Crippen molar-refractivity contribution in [1.29, 1.82) is 0 Å². The van der Waals surface area contributed by atoms with Crippen LogP contribution in [0.1, 0.15) is 58.8 Å². The highest BCUT2D eigenvalue weighted by molar-refractivity contribution is 5.74. The van der Waals surface area contributed by atoms with Gasteiger partial charge in [0.1, 0.15) is 0 Å². The van der Waals surface area contributed by atoms with Crippen LogP contribution in [-0.4, -0.2) is 30.6 Å². The maximum Gasteiger partial charge on any atom is 0.317 e. The van der Waals surface area contributed by atoms with Gasteiger partial charge in [-0.2, -0.15) is 0 Å². The fraction of sp³-hybridized carbons (Fsp3) is 0.800. The van der Waals surface area contributed by atoms with Crippen LogP contribution in [0.25, 0.3) is 0 Å². The van der Waals surface area contributed by atoms with Gasteiger partial charge in [0.05, 0.1) is 0 Å². The van der Waals surface area contributed by atoms with Gasteiger partial charge in [0.15, 0.2) is 0 Å². The van der Waals surface area contributed by atoms with Crippen LogP contribution < -0.4 is 5.32 Å². The minimum absolute atomic E-state index is 0.107. The monoisotopic (exact) mass is 252 g/mol. The number of hydrogen-bond donors (Lipinski definition) is 1. The van der Waals surface area contributed by atoms with E-state index in [9.17, 15) is 4.79 Å². The van der Waals surface area contributed by atoms with Gasteiger partial charge in [-0.15, -0.1) is 0 Å². The van der Waals surface area contributed by atoms with Gasteiger partial charge >= 0.3 is 6.03 Å². The first-order valence-corrected chi connectivity index (χ1v) is 7.48. The Morgan fingerprint density at radius 3 is 2.56 bits per heavy atom. The highest BCUT2D eigenvalue weighted by Crippen LogP contribution is 2.19. The van der Waals surface area contributed by atoms with E-state index < -0.39 is 0 Å². The first-order valence-electron chi connectivity index (χ1n) is 7.48. The molecule has 0 aromatic rings. The first-order chi connectivity index (χ1) is 8.77. The van der Waals surface area contributed by atoms with Crippen molar-refractivity contribution in [3.63, 3.8) is 0 Å². The first kappa shape index (κ1) is 15.1. The van der Waals surface area contributed by atoms with Crippen molar-refractivity contribution in [2.24, 2.45) is 0 Å². The SMILES string of the molecule is CCCN(CCC)C(=O)NCCC1=CCCCC1. The summed E-state index contributed by atoms with van der Waals surface area (Å²) < 4.78 is 0. The van der Waals surface area contributed by atoms with E-state index in [4.69, 9.17) is 0 Å². The molecule has 1 rings (SSSR count). The third-order valence-electron chi connectivity index (χ3n) is 3.38. The third kappa shape index (κ3) is 5.56. The summed E-state index contributed by atoms with van der Waals surface area (Å²) in [6.45, 7) is 6.74. The lowest BCUT2D eigenvalue weighted by Gasteiger charge is -2.22. The van der Waals surface area contributed by atoms with Crippen LogP contribution in [0.15, 0.2) is 11.6 Å². The van der Waals surface area contributed by atoms with E-state index >= 15 is 0 Å². The summed E-state index contributed by atoms with van der Waals surface area (Å²) in [6, 6.07) is 0.107. The number of carbonyl (C=O) groups excluding carboxylic acids is 1. The van der Waals surface area contributed by atoms with Gasteiger partial charge in [-0.1, -0.05) is 25.5 Å². The van der Waals surface area contributed by atoms with Crippen LogP contribution in [0.2, 0.25) is 0 Å². The fourth-order valence-electron chi connectivity index (χ4n) is 2.43. The summed E-state index contributed by atoms with van der Waals surface area (Å²) >= 11 is 0. The van der Waals surface area contributed by atoms with Crippen LogP contribution >= 0.6 is 0 Å². The Labute approximate surface area is 112 Å². The summed E-state index contributed by atoms with van der Waals surface area (Å²) in [5.74, 6) is 0. The van der Waals surface area contributed by atoms with Crippen LogP contribution in [0, 0.1) is 0 Å². The Kier molecular flexibility index (Phi) is 7.54. The van der Waals surface area contributed by atoms with E-state index in [1.807, 2.05) is 4.90 Å². The third-order valence-corrected chi connectivity index (χ3v) is 3.38. The zero-order chi connectivity index (χ0) is 13.2. The minimum atomic E-state index is 0.107. The summed E-state index contributed by atoms with van der Waals surface area (Å²) in [5.41, 5.74) is 1.53. The molecule has 0 unspecified atom stereocenters. The van der Waals surface area contributed by atoms with E-state index in [-0.39, 0.29) is 6.03 Å². The van der Waals surface area contributed by atoms with Crippen molar-refractivity contribution in [2.45, 2.75) is 58.8 Å². The number of allylic oxidation sites excluding steroid dienone is 1. The molecule has 3 nitrogen and oxygen atoms in total. The second kappa shape index (κ2) is 9.01. The van der Waals surface area contributed by atoms with Gasteiger partial charge in [0.2, 0.25) is 0 Å². The summed E-state index contributed by atoms with van der Waals surface area (Å²) in [5, 5.41) is 3.05. The second-order valence-corrected chi connectivity index (χ2v) is 5.08. The topological polar surface area (TPSA) is 32.3 Å². The molecule has 104 valence electrons. The molecule has 1 aliphatic rings. The molecule has 0 spiro atoms. The van der Waals surface area contributed by atoms with Crippen molar-refractivity contribution < 1.29 is 4.79 Å². The predicted octanol–water partition coefficient (Wildman–Crippen LogP) is 3.71. The molecule has 3 heteroatoms. The van der Waals surface area contributed by atoms with Gasteiger partial charge < -0.3 is 10.2 Å². The fourth-order valence-corrected chi connectivity index (χ4v) is 2.43. The highest BCUT2D eigenvalue weighted by atomic mass is 16.2. The smallest absolute Gasteiger partial charge is 0.317 e. The van der Waals surface area contributed by atoms with Crippen LogP contribution in [0.5, 0.6) is 0 Å². The van der Waals surface area contributed by atoms with E-state index in [0.717, 1.165) is 38.9 Å². The molecular weight excluding hydrogens is 224 g/mol. The van der Waals surface area contributed by atoms with Gasteiger partial charge in [-0.05, 0) is 44.9 Å². The zero-order valence-corrected chi connectivity index (χ0v) is 12.0. The largest absolute Gasteiger partial charge is 0.338 e. The summed E-state index contributed by atoms with van der Waals surface area (Å²) in [4.78, 5) is 13.9. The number of rotatable bonds is 7. The zero-order valence-electron chi connectivity index (χ0n) is 12.0. The van der Waals surface area contributed by atoms with E-state index in [1.54, 1.807) is 0 Å². The normalized spacial score (nSPS) is 15.1. The number of hydrogen-bond acceptors (Lipinski definition) is 1. The Hall–Kier alpha value is -0.990. The molecule has 0 atom stereocenters. The molecule has 18 heavy (non-hydrogen) atoms. The van der Waals surface area contributed by atoms with Crippen LogP contribution in [0.3, 0.4) is 0 Å². The van der Waals surface area contributed by atoms with Crippen molar-refractivity contribution in [1.82, 2.24) is 10.2 Å². The Bertz CT molecular complexity index is 268. The maximum atomic E-state index is 12.0. The molecule has 0 aromatic heterocycles. The average Bonchev–Trinajstić information content (AvgIpc) is 2.39. The number of urea groups is 1. The molecule has 1 aliphatic carbocycles. The standard InChI is InChI=1S/C15H28N2O/c1-3-12-17(13-4-2)15(18)16-11-10-14-8-6-5-7-9-14/h8H,3-7,9-13H2,1-2H3,(H,16,18). The summed E-state index contributed by atoms with van der Waals surface area (Å²) in [7, 11) is 0. The van der Waals surface area contributed by atoms with E-state index in [0.29, 0.717) is 0 Å². The number of nitrogens with zero attached hydrogens (tertiary/aromatic N) is 1.